The third-order valence-electron chi connectivity index (χ3n) is 4.17. The largest absolute Gasteiger partial charge is 0.378 e. The Morgan fingerprint density at radius 2 is 1.59 bits per heavy atom. The molecule has 4 rings (SSSR count). The second-order valence-electron chi connectivity index (χ2n) is 6.27. The topological polar surface area (TPSA) is 76.1 Å². The van der Waals surface area contributed by atoms with Crippen molar-refractivity contribution in [2.75, 3.05) is 5.32 Å². The average molecular weight is 358 g/mol. The Hall–Kier alpha value is -3.67. The summed E-state index contributed by atoms with van der Waals surface area (Å²) in [4.78, 5) is 26.9. The van der Waals surface area contributed by atoms with Crippen molar-refractivity contribution in [2.45, 2.75) is 13.8 Å². The molecule has 2 heterocycles. The van der Waals surface area contributed by atoms with Gasteiger partial charge in [-0.05, 0) is 50.2 Å². The number of anilines is 1. The van der Waals surface area contributed by atoms with Gasteiger partial charge in [-0.1, -0.05) is 24.3 Å². The number of aryl methyl sites for hydroxylation is 2. The summed E-state index contributed by atoms with van der Waals surface area (Å²) in [6.45, 7) is 3.88. The molecule has 0 spiro atoms. The number of hydroxylamine groups is 1. The second-order valence-corrected chi connectivity index (χ2v) is 6.27. The van der Waals surface area contributed by atoms with Crippen LogP contribution in [0, 0.1) is 13.8 Å². The van der Waals surface area contributed by atoms with Gasteiger partial charge in [-0.2, -0.15) is 5.48 Å². The molecule has 0 atom stereocenters. The summed E-state index contributed by atoms with van der Waals surface area (Å²) in [7, 11) is 0. The summed E-state index contributed by atoms with van der Waals surface area (Å²) in [5.41, 5.74) is 6.43. The smallest absolute Gasteiger partial charge is 0.352 e. The number of fused-ring (bicyclic) bond motifs is 3. The van der Waals surface area contributed by atoms with Crippen molar-refractivity contribution in [3.63, 3.8) is 0 Å². The molecule has 0 fully saturated rings. The fourth-order valence-corrected chi connectivity index (χ4v) is 2.91. The molecule has 2 aromatic heterocycles. The third kappa shape index (κ3) is 3.50. The molecular weight excluding hydrogens is 340 g/mol. The molecule has 0 radical (unpaired) electrons. The highest BCUT2D eigenvalue weighted by atomic mass is 16.7. The zero-order valence-corrected chi connectivity index (χ0v) is 15.0. The van der Waals surface area contributed by atoms with Gasteiger partial charge in [0.05, 0.1) is 16.7 Å². The number of aromatic nitrogens is 2. The van der Waals surface area contributed by atoms with E-state index in [-0.39, 0.29) is 0 Å². The van der Waals surface area contributed by atoms with Crippen LogP contribution in [0.25, 0.3) is 21.8 Å². The molecule has 2 aromatic carbocycles. The monoisotopic (exact) mass is 358 g/mol. The molecule has 0 aliphatic carbocycles. The normalized spacial score (nSPS) is 10.7. The molecule has 0 saturated heterocycles. The highest BCUT2D eigenvalue weighted by Crippen LogP contribution is 2.30. The van der Waals surface area contributed by atoms with Gasteiger partial charge in [-0.3, -0.25) is 9.97 Å². The molecular formula is C21H18N4O2. The van der Waals surface area contributed by atoms with E-state index in [1.807, 2.05) is 62.4 Å². The van der Waals surface area contributed by atoms with Gasteiger partial charge in [0.2, 0.25) is 0 Å². The van der Waals surface area contributed by atoms with Crippen LogP contribution >= 0.6 is 0 Å². The lowest BCUT2D eigenvalue weighted by molar-refractivity contribution is 0.189. The standard InChI is InChI=1S/C21H18N4O2/c1-13-8-10-15-12-18(17-11-9-14(2)23-20(17)19(15)22-13)24-21(26)25-27-16-6-4-3-5-7-16/h3-12H,1-2H3,(H2,24,25,26). The molecule has 6 nitrogen and oxygen atoms in total. The Morgan fingerprint density at radius 3 is 2.37 bits per heavy atom. The first-order valence-electron chi connectivity index (χ1n) is 8.57. The van der Waals surface area contributed by atoms with Gasteiger partial charge in [-0.25, -0.2) is 4.79 Å². The number of nitrogens with zero attached hydrogens (tertiary/aromatic N) is 2. The quantitative estimate of drug-likeness (QED) is 0.417. The molecule has 2 amide bonds. The van der Waals surface area contributed by atoms with Crippen LogP contribution in [0.5, 0.6) is 5.75 Å². The van der Waals surface area contributed by atoms with E-state index in [0.717, 1.165) is 33.2 Å². The van der Waals surface area contributed by atoms with Crippen molar-refractivity contribution in [3.05, 3.63) is 72.1 Å². The van der Waals surface area contributed by atoms with E-state index < -0.39 is 6.03 Å². The van der Waals surface area contributed by atoms with Crippen LogP contribution in [0.2, 0.25) is 0 Å². The Bertz CT molecular complexity index is 1140. The van der Waals surface area contributed by atoms with Gasteiger partial charge < -0.3 is 10.2 Å². The van der Waals surface area contributed by atoms with Gasteiger partial charge in [-0.15, -0.1) is 0 Å². The molecule has 4 aromatic rings. The number of nitrogens with one attached hydrogen (secondary N) is 2. The van der Waals surface area contributed by atoms with Crippen LogP contribution in [0.4, 0.5) is 10.5 Å². The molecule has 2 N–H and O–H groups in total. The number of pyridine rings is 2. The molecule has 27 heavy (non-hydrogen) atoms. The lowest BCUT2D eigenvalue weighted by atomic mass is 10.1. The maximum Gasteiger partial charge on any atom is 0.352 e. The van der Waals surface area contributed by atoms with E-state index in [4.69, 9.17) is 4.84 Å². The van der Waals surface area contributed by atoms with E-state index in [9.17, 15) is 4.79 Å². The van der Waals surface area contributed by atoms with Crippen LogP contribution in [-0.2, 0) is 0 Å². The highest BCUT2D eigenvalue weighted by Gasteiger charge is 2.12. The van der Waals surface area contributed by atoms with Crippen molar-refractivity contribution >= 4 is 33.5 Å². The van der Waals surface area contributed by atoms with E-state index in [0.29, 0.717) is 11.4 Å². The predicted octanol–water partition coefficient (Wildman–Crippen LogP) is 4.52. The van der Waals surface area contributed by atoms with Crippen LogP contribution in [0.15, 0.2) is 60.7 Å². The van der Waals surface area contributed by atoms with Crippen LogP contribution in [-0.4, -0.2) is 16.0 Å². The van der Waals surface area contributed by atoms with Crippen molar-refractivity contribution in [3.8, 4) is 5.75 Å². The zero-order valence-electron chi connectivity index (χ0n) is 15.0. The number of para-hydroxylation sites is 1. The number of urea groups is 1. The second kappa shape index (κ2) is 6.92. The summed E-state index contributed by atoms with van der Waals surface area (Å²) < 4.78 is 0. The first kappa shape index (κ1) is 16.8. The maximum absolute atomic E-state index is 12.3. The van der Waals surface area contributed by atoms with Gasteiger partial charge in [0.1, 0.15) is 0 Å². The van der Waals surface area contributed by atoms with Crippen molar-refractivity contribution in [1.82, 2.24) is 15.4 Å². The first-order valence-corrected chi connectivity index (χ1v) is 8.57. The minimum Gasteiger partial charge on any atom is -0.378 e. The Balaban J connectivity index is 1.68. The van der Waals surface area contributed by atoms with Gasteiger partial charge in [0, 0.05) is 22.2 Å². The summed E-state index contributed by atoms with van der Waals surface area (Å²) in [5.74, 6) is 0.549. The van der Waals surface area contributed by atoms with E-state index in [2.05, 4.69) is 20.8 Å². The van der Waals surface area contributed by atoms with Crippen molar-refractivity contribution in [1.29, 1.82) is 0 Å². The van der Waals surface area contributed by atoms with Gasteiger partial charge in [0.15, 0.2) is 5.75 Å². The molecule has 134 valence electrons. The predicted molar refractivity (Wildman–Crippen MR) is 106 cm³/mol. The zero-order chi connectivity index (χ0) is 18.8. The number of rotatable bonds is 3. The number of amides is 2. The number of benzene rings is 2. The number of hydrogen-bond acceptors (Lipinski definition) is 4. The summed E-state index contributed by atoms with van der Waals surface area (Å²) in [5, 5.41) is 4.57. The van der Waals surface area contributed by atoms with E-state index in [1.165, 1.54) is 0 Å². The summed E-state index contributed by atoms with van der Waals surface area (Å²) >= 11 is 0. The molecule has 0 bridgehead atoms. The van der Waals surface area contributed by atoms with Crippen LogP contribution in [0.1, 0.15) is 11.4 Å². The summed E-state index contributed by atoms with van der Waals surface area (Å²) in [6.07, 6.45) is 0. The van der Waals surface area contributed by atoms with E-state index in [1.54, 1.807) is 12.1 Å². The fourth-order valence-electron chi connectivity index (χ4n) is 2.91. The number of carbonyl (C=O) groups excluding carboxylic acids is 1. The highest BCUT2D eigenvalue weighted by molar-refractivity contribution is 6.11. The third-order valence-corrected chi connectivity index (χ3v) is 4.17. The number of carbonyl (C=O) groups is 1. The maximum atomic E-state index is 12.3. The molecule has 0 saturated carbocycles. The first-order chi connectivity index (χ1) is 13.1. The van der Waals surface area contributed by atoms with Crippen LogP contribution in [0.3, 0.4) is 0 Å². The lowest BCUT2D eigenvalue weighted by Gasteiger charge is -2.13. The molecule has 0 unspecified atom stereocenters. The number of hydrogen-bond donors (Lipinski definition) is 2. The van der Waals surface area contributed by atoms with Crippen molar-refractivity contribution in [2.24, 2.45) is 0 Å². The Labute approximate surface area is 156 Å². The Morgan fingerprint density at radius 1 is 0.889 bits per heavy atom. The van der Waals surface area contributed by atoms with Crippen LogP contribution < -0.4 is 15.6 Å². The molecule has 6 heteroatoms. The fraction of sp³-hybridized carbons (Fsp3) is 0.0952. The summed E-state index contributed by atoms with van der Waals surface area (Å²) in [6, 6.07) is 18.2. The molecule has 0 aliphatic rings. The van der Waals surface area contributed by atoms with Gasteiger partial charge in [0.25, 0.3) is 0 Å². The molecule has 0 aliphatic heterocycles. The van der Waals surface area contributed by atoms with Gasteiger partial charge >= 0.3 is 6.03 Å². The Kier molecular flexibility index (Phi) is 4.30. The SMILES string of the molecule is Cc1ccc2cc(NC(=O)NOc3ccccc3)c3ccc(C)nc3c2n1. The average Bonchev–Trinajstić information content (AvgIpc) is 2.67. The minimum absolute atomic E-state index is 0.472. The van der Waals surface area contributed by atoms with Crippen molar-refractivity contribution < 1.29 is 9.63 Å². The lowest BCUT2D eigenvalue weighted by Crippen LogP contribution is -2.31. The van der Waals surface area contributed by atoms with E-state index >= 15 is 0 Å². The minimum atomic E-state index is -0.472.